The van der Waals surface area contributed by atoms with Gasteiger partial charge in [-0.3, -0.25) is 9.69 Å². The van der Waals surface area contributed by atoms with Gasteiger partial charge in [0.2, 0.25) is 0 Å². The van der Waals surface area contributed by atoms with Crippen molar-refractivity contribution >= 4 is 27.5 Å². The molecule has 7 heteroatoms. The molecule has 0 atom stereocenters. The fraction of sp³-hybridized carbons (Fsp3) is 0.222. The van der Waals surface area contributed by atoms with Gasteiger partial charge >= 0.3 is 0 Å². The number of aromatic amines is 1. The third-order valence-electron chi connectivity index (χ3n) is 4.27. The normalized spacial score (nSPS) is 14.5. The van der Waals surface area contributed by atoms with E-state index in [4.69, 9.17) is 16.0 Å². The van der Waals surface area contributed by atoms with Crippen LogP contribution < -0.4 is 5.56 Å². The lowest BCUT2D eigenvalue weighted by Gasteiger charge is -2.26. The average molecular weight is 421 g/mol. The number of furan rings is 1. The Balaban J connectivity index is 1.59. The number of benzene rings is 1. The number of aromatic nitrogens is 2. The van der Waals surface area contributed by atoms with Gasteiger partial charge in [-0.05, 0) is 52.3 Å². The summed E-state index contributed by atoms with van der Waals surface area (Å²) in [6, 6.07) is 11.1. The number of hydrogen-bond acceptors (Lipinski definition) is 4. The first kappa shape index (κ1) is 16.6. The molecule has 0 saturated carbocycles. The van der Waals surface area contributed by atoms with Crippen molar-refractivity contribution in [2.24, 2.45) is 0 Å². The highest BCUT2D eigenvalue weighted by atomic mass is 79.9. The van der Waals surface area contributed by atoms with Crippen molar-refractivity contribution in [3.63, 3.8) is 0 Å². The maximum absolute atomic E-state index is 12.5. The number of nitrogens with zero attached hydrogens (tertiary/aromatic N) is 2. The minimum atomic E-state index is -0.0831. The quantitative estimate of drug-likeness (QED) is 0.695. The summed E-state index contributed by atoms with van der Waals surface area (Å²) in [6.07, 6.45) is 0.738. The zero-order chi connectivity index (χ0) is 17.4. The predicted octanol–water partition coefficient (Wildman–Crippen LogP) is 4.00. The van der Waals surface area contributed by atoms with E-state index in [1.165, 1.54) is 0 Å². The zero-order valence-electron chi connectivity index (χ0n) is 13.3. The van der Waals surface area contributed by atoms with Crippen LogP contribution in [0.1, 0.15) is 17.0 Å². The van der Waals surface area contributed by atoms with Gasteiger partial charge in [0.1, 0.15) is 11.6 Å². The molecule has 2 aromatic heterocycles. The minimum absolute atomic E-state index is 0.0831. The van der Waals surface area contributed by atoms with Crippen LogP contribution in [0.3, 0.4) is 0 Å². The average Bonchev–Trinajstić information content (AvgIpc) is 3.01. The van der Waals surface area contributed by atoms with Crippen LogP contribution in [0, 0.1) is 0 Å². The van der Waals surface area contributed by atoms with Crippen LogP contribution in [0.15, 0.2) is 50.3 Å². The van der Waals surface area contributed by atoms with E-state index >= 15 is 0 Å². The van der Waals surface area contributed by atoms with Crippen molar-refractivity contribution in [2.75, 3.05) is 6.54 Å². The van der Waals surface area contributed by atoms with Gasteiger partial charge in [0, 0.05) is 30.1 Å². The Kier molecular flexibility index (Phi) is 4.50. The third kappa shape index (κ3) is 3.56. The number of hydrogen-bond donors (Lipinski definition) is 1. The highest BCUT2D eigenvalue weighted by Gasteiger charge is 2.22. The molecule has 1 aromatic carbocycles. The number of rotatable bonds is 3. The molecule has 0 saturated heterocycles. The molecule has 4 rings (SSSR count). The Morgan fingerprint density at radius 2 is 2.04 bits per heavy atom. The van der Waals surface area contributed by atoms with Crippen LogP contribution in [0.5, 0.6) is 0 Å². The molecule has 0 fully saturated rings. The maximum Gasteiger partial charge on any atom is 0.255 e. The molecule has 0 bridgehead atoms. The number of nitrogens with one attached hydrogen (secondary N) is 1. The standard InChI is InChI=1S/C18H15BrClN3O2/c19-16-6-5-13(25-16)9-23-8-7-15-14(10-23)18(24)22-17(21-15)11-1-3-12(20)4-2-11/h1-6H,7-10H2,(H,21,22,24). The van der Waals surface area contributed by atoms with Crippen LogP contribution in [-0.4, -0.2) is 21.4 Å². The molecule has 128 valence electrons. The fourth-order valence-corrected chi connectivity index (χ4v) is 3.48. The number of fused-ring (bicyclic) bond motifs is 1. The molecule has 25 heavy (non-hydrogen) atoms. The Morgan fingerprint density at radius 3 is 2.76 bits per heavy atom. The zero-order valence-corrected chi connectivity index (χ0v) is 15.6. The molecule has 0 radical (unpaired) electrons. The lowest BCUT2D eigenvalue weighted by atomic mass is 10.1. The second-order valence-corrected chi connectivity index (χ2v) is 7.23. The van der Waals surface area contributed by atoms with Gasteiger partial charge in [0.25, 0.3) is 5.56 Å². The van der Waals surface area contributed by atoms with Gasteiger partial charge in [-0.15, -0.1) is 0 Å². The topological polar surface area (TPSA) is 62.1 Å². The first-order valence-corrected chi connectivity index (χ1v) is 9.10. The number of H-pyrrole nitrogens is 1. The summed E-state index contributed by atoms with van der Waals surface area (Å²) in [4.78, 5) is 22.3. The summed E-state index contributed by atoms with van der Waals surface area (Å²) >= 11 is 9.23. The Hall–Kier alpha value is -1.89. The van der Waals surface area contributed by atoms with Crippen molar-refractivity contribution < 1.29 is 4.42 Å². The van der Waals surface area contributed by atoms with Crippen LogP contribution in [0.25, 0.3) is 11.4 Å². The molecule has 0 amide bonds. The number of halogens is 2. The molecule has 1 aliphatic rings. The third-order valence-corrected chi connectivity index (χ3v) is 4.95. The van der Waals surface area contributed by atoms with Crippen molar-refractivity contribution in [1.82, 2.24) is 14.9 Å². The van der Waals surface area contributed by atoms with Gasteiger partial charge < -0.3 is 9.40 Å². The van der Waals surface area contributed by atoms with Crippen LogP contribution in [0.2, 0.25) is 5.02 Å². The van der Waals surface area contributed by atoms with Crippen molar-refractivity contribution in [3.05, 3.63) is 73.5 Å². The Morgan fingerprint density at radius 1 is 1.24 bits per heavy atom. The molecule has 0 aliphatic carbocycles. The monoisotopic (exact) mass is 419 g/mol. The van der Waals surface area contributed by atoms with E-state index in [-0.39, 0.29) is 5.56 Å². The molecular formula is C18H15BrClN3O2. The van der Waals surface area contributed by atoms with Crippen LogP contribution >= 0.6 is 27.5 Å². The first-order chi connectivity index (χ1) is 12.1. The van der Waals surface area contributed by atoms with Crippen molar-refractivity contribution in [3.8, 4) is 11.4 Å². The highest BCUT2D eigenvalue weighted by molar-refractivity contribution is 9.10. The van der Waals surface area contributed by atoms with E-state index in [0.717, 1.165) is 35.5 Å². The summed E-state index contributed by atoms with van der Waals surface area (Å²) < 4.78 is 6.27. The van der Waals surface area contributed by atoms with E-state index in [0.29, 0.717) is 28.6 Å². The van der Waals surface area contributed by atoms with Crippen LogP contribution in [-0.2, 0) is 19.5 Å². The van der Waals surface area contributed by atoms with E-state index < -0.39 is 0 Å². The van der Waals surface area contributed by atoms with E-state index in [1.807, 2.05) is 24.3 Å². The second-order valence-electron chi connectivity index (χ2n) is 6.01. The highest BCUT2D eigenvalue weighted by Crippen LogP contribution is 2.22. The van der Waals surface area contributed by atoms with Gasteiger partial charge in [-0.25, -0.2) is 4.98 Å². The second kappa shape index (κ2) is 6.78. The van der Waals surface area contributed by atoms with Gasteiger partial charge in [-0.2, -0.15) is 0 Å². The molecule has 0 spiro atoms. The summed E-state index contributed by atoms with van der Waals surface area (Å²) in [6.45, 7) is 2.07. The maximum atomic E-state index is 12.5. The van der Waals surface area contributed by atoms with Crippen molar-refractivity contribution in [1.29, 1.82) is 0 Å². The molecule has 5 nitrogen and oxygen atoms in total. The lowest BCUT2D eigenvalue weighted by Crippen LogP contribution is -2.35. The molecule has 1 N–H and O–H groups in total. The fourth-order valence-electron chi connectivity index (χ4n) is 3.02. The Labute approximate surface area is 157 Å². The minimum Gasteiger partial charge on any atom is -0.453 e. The molecular weight excluding hydrogens is 406 g/mol. The summed E-state index contributed by atoms with van der Waals surface area (Å²) in [5.74, 6) is 1.46. The smallest absolute Gasteiger partial charge is 0.255 e. The molecule has 0 unspecified atom stereocenters. The van der Waals surface area contributed by atoms with Gasteiger partial charge in [0.15, 0.2) is 4.67 Å². The van der Waals surface area contributed by atoms with E-state index in [9.17, 15) is 4.79 Å². The lowest BCUT2D eigenvalue weighted by molar-refractivity contribution is 0.221. The first-order valence-electron chi connectivity index (χ1n) is 7.93. The Bertz CT molecular complexity index is 965. The van der Waals surface area contributed by atoms with E-state index in [2.05, 4.69) is 30.8 Å². The largest absolute Gasteiger partial charge is 0.453 e. The van der Waals surface area contributed by atoms with Crippen molar-refractivity contribution in [2.45, 2.75) is 19.5 Å². The molecule has 1 aliphatic heterocycles. The predicted molar refractivity (Wildman–Crippen MR) is 99.5 cm³/mol. The summed E-state index contributed by atoms with van der Waals surface area (Å²) in [7, 11) is 0. The van der Waals surface area contributed by atoms with Crippen LogP contribution in [0.4, 0.5) is 0 Å². The SMILES string of the molecule is O=c1[nH]c(-c2ccc(Cl)cc2)nc2c1CN(Cc1ccc(Br)o1)CC2. The molecule has 3 aromatic rings. The summed E-state index contributed by atoms with van der Waals surface area (Å²) in [5, 5.41) is 0.657. The van der Waals surface area contributed by atoms with Gasteiger partial charge in [0.05, 0.1) is 17.8 Å². The van der Waals surface area contributed by atoms with Gasteiger partial charge in [-0.1, -0.05) is 11.6 Å². The van der Waals surface area contributed by atoms with E-state index in [1.54, 1.807) is 12.1 Å². The molecule has 3 heterocycles. The summed E-state index contributed by atoms with van der Waals surface area (Å²) in [5.41, 5.74) is 2.37.